The largest absolute Gasteiger partial charge is 0.566 e. The van der Waals surface area contributed by atoms with Crippen LogP contribution in [0.1, 0.15) is 5.56 Å². The lowest BCUT2D eigenvalue weighted by Crippen LogP contribution is -2.34. The normalized spacial score (nSPS) is 11.7. The SMILES string of the molecule is C[N+](C)(C)c1cccc(OC([O-])=NCc2ccccc2)c1.I. The second-order valence-electron chi connectivity index (χ2n) is 5.68. The van der Waals surface area contributed by atoms with Crippen LogP contribution in [-0.4, -0.2) is 27.2 Å². The number of ether oxygens (including phenoxy) is 1. The zero-order valence-electron chi connectivity index (χ0n) is 13.0. The van der Waals surface area contributed by atoms with E-state index >= 15 is 0 Å². The van der Waals surface area contributed by atoms with E-state index in [1.807, 2.05) is 48.5 Å². The van der Waals surface area contributed by atoms with Gasteiger partial charge in [0, 0.05) is 11.8 Å². The average molecular weight is 412 g/mol. The Morgan fingerprint density at radius 1 is 1.05 bits per heavy atom. The highest BCUT2D eigenvalue weighted by Crippen LogP contribution is 2.22. The van der Waals surface area contributed by atoms with Gasteiger partial charge in [0.1, 0.15) is 5.69 Å². The Labute approximate surface area is 148 Å². The second-order valence-corrected chi connectivity index (χ2v) is 5.68. The number of aliphatic imine (C=N–C) groups is 1. The molecule has 0 amide bonds. The third-order valence-corrected chi connectivity index (χ3v) is 3.03. The standard InChI is InChI=1S/C17H20N2O2.HI/c1-19(2,3)15-10-7-11-16(12-15)21-17(20)18-13-14-8-5-4-6-9-14;/h4-12H,13H2,1-3H3;1H. The van der Waals surface area contributed by atoms with Crippen molar-refractivity contribution >= 4 is 35.7 Å². The number of halogens is 1. The predicted octanol–water partition coefficient (Wildman–Crippen LogP) is 2.80. The molecule has 0 saturated heterocycles. The van der Waals surface area contributed by atoms with E-state index in [1.165, 1.54) is 0 Å². The van der Waals surface area contributed by atoms with Crippen LogP contribution in [-0.2, 0) is 6.54 Å². The summed E-state index contributed by atoms with van der Waals surface area (Å²) in [6.45, 7) is 0.328. The van der Waals surface area contributed by atoms with Crippen molar-refractivity contribution in [2.24, 2.45) is 4.99 Å². The molecule has 0 aromatic heterocycles. The number of hydrogen-bond acceptors (Lipinski definition) is 3. The van der Waals surface area contributed by atoms with Crippen LogP contribution in [0.4, 0.5) is 5.69 Å². The van der Waals surface area contributed by atoms with Gasteiger partial charge in [0.25, 0.3) is 0 Å². The summed E-state index contributed by atoms with van der Waals surface area (Å²) in [4.78, 5) is 3.92. The summed E-state index contributed by atoms with van der Waals surface area (Å²) in [6, 6.07) is 17.1. The highest BCUT2D eigenvalue weighted by atomic mass is 127. The van der Waals surface area contributed by atoms with Crippen molar-refractivity contribution in [3.05, 3.63) is 60.2 Å². The molecule has 0 heterocycles. The van der Waals surface area contributed by atoms with E-state index in [2.05, 4.69) is 26.1 Å². The highest BCUT2D eigenvalue weighted by molar-refractivity contribution is 14.0. The first-order valence-corrected chi connectivity index (χ1v) is 6.80. The fourth-order valence-corrected chi connectivity index (χ4v) is 1.84. The third kappa shape index (κ3) is 5.65. The zero-order valence-corrected chi connectivity index (χ0v) is 15.4. The number of rotatable bonds is 4. The van der Waals surface area contributed by atoms with Crippen molar-refractivity contribution in [2.45, 2.75) is 6.54 Å². The van der Waals surface area contributed by atoms with Crippen LogP contribution in [0, 0.1) is 0 Å². The maximum absolute atomic E-state index is 11.8. The number of nitrogens with zero attached hydrogens (tertiary/aromatic N) is 2. The van der Waals surface area contributed by atoms with Crippen molar-refractivity contribution in [1.82, 2.24) is 4.48 Å². The zero-order chi connectivity index (χ0) is 15.3. The molecule has 22 heavy (non-hydrogen) atoms. The van der Waals surface area contributed by atoms with Gasteiger partial charge in [-0.15, -0.1) is 24.0 Å². The summed E-state index contributed by atoms with van der Waals surface area (Å²) in [5.41, 5.74) is 2.04. The molecule has 0 unspecified atom stereocenters. The van der Waals surface area contributed by atoms with Gasteiger partial charge < -0.3 is 9.84 Å². The van der Waals surface area contributed by atoms with E-state index < -0.39 is 6.08 Å². The van der Waals surface area contributed by atoms with Crippen LogP contribution < -0.4 is 14.3 Å². The first-order valence-electron chi connectivity index (χ1n) is 6.80. The van der Waals surface area contributed by atoms with Crippen LogP contribution >= 0.6 is 24.0 Å². The Hall–Kier alpha value is -1.60. The van der Waals surface area contributed by atoms with Gasteiger partial charge in [-0.2, -0.15) is 0 Å². The van der Waals surface area contributed by atoms with Crippen LogP contribution in [0.2, 0.25) is 0 Å². The smallest absolute Gasteiger partial charge is 0.150 e. The molecule has 0 aliphatic rings. The molecule has 0 spiro atoms. The molecule has 5 heteroatoms. The second kappa shape index (κ2) is 8.14. The molecule has 0 radical (unpaired) electrons. The van der Waals surface area contributed by atoms with Gasteiger partial charge >= 0.3 is 0 Å². The Morgan fingerprint density at radius 3 is 2.36 bits per heavy atom. The number of benzene rings is 2. The summed E-state index contributed by atoms with van der Waals surface area (Å²) in [6.07, 6.45) is -0.572. The van der Waals surface area contributed by atoms with Gasteiger partial charge in [-0.25, -0.2) is 0 Å². The molecule has 0 saturated carbocycles. The molecule has 2 rings (SSSR count). The molecule has 0 fully saturated rings. The molecule has 0 N–H and O–H groups in total. The molecule has 0 aliphatic carbocycles. The number of hydrogen-bond donors (Lipinski definition) is 0. The van der Waals surface area contributed by atoms with Gasteiger partial charge in [0.15, 0.2) is 6.08 Å². The molecule has 0 aliphatic heterocycles. The third-order valence-electron chi connectivity index (χ3n) is 3.03. The van der Waals surface area contributed by atoms with Crippen molar-refractivity contribution in [3.63, 3.8) is 0 Å². The van der Waals surface area contributed by atoms with Gasteiger partial charge in [-0.05, 0) is 17.7 Å². The Balaban J connectivity index is 0.00000242. The van der Waals surface area contributed by atoms with E-state index in [-0.39, 0.29) is 24.0 Å². The molecule has 2 aromatic carbocycles. The lowest BCUT2D eigenvalue weighted by atomic mass is 10.2. The molecular formula is C17H21IN2O2. The van der Waals surface area contributed by atoms with E-state index in [0.717, 1.165) is 11.3 Å². The van der Waals surface area contributed by atoms with Gasteiger partial charge in [-0.3, -0.25) is 9.48 Å². The van der Waals surface area contributed by atoms with Crippen molar-refractivity contribution in [2.75, 3.05) is 21.1 Å². The summed E-state index contributed by atoms with van der Waals surface area (Å²) in [5, 5.41) is 11.8. The highest BCUT2D eigenvalue weighted by Gasteiger charge is 2.11. The Kier molecular flexibility index (Phi) is 6.83. The fraction of sp³-hybridized carbons (Fsp3) is 0.235. The predicted molar refractivity (Wildman–Crippen MR) is 99.6 cm³/mol. The maximum atomic E-state index is 11.8. The molecule has 4 nitrogen and oxygen atoms in total. The van der Waals surface area contributed by atoms with E-state index in [4.69, 9.17) is 4.74 Å². The Bertz CT molecular complexity index is 622. The molecule has 2 aromatic rings. The first-order chi connectivity index (χ1) is 9.95. The van der Waals surface area contributed by atoms with Crippen LogP contribution in [0.25, 0.3) is 0 Å². The van der Waals surface area contributed by atoms with E-state index in [1.54, 1.807) is 6.07 Å². The minimum Gasteiger partial charge on any atom is -0.566 e. The summed E-state index contributed by atoms with van der Waals surface area (Å²) in [5.74, 6) is 0.516. The minimum absolute atomic E-state index is 0. The van der Waals surface area contributed by atoms with Crippen LogP contribution in [0.5, 0.6) is 5.75 Å². The lowest BCUT2D eigenvalue weighted by molar-refractivity contribution is -0.240. The van der Waals surface area contributed by atoms with E-state index in [0.29, 0.717) is 16.8 Å². The van der Waals surface area contributed by atoms with Gasteiger partial charge in [-0.1, -0.05) is 36.4 Å². The molecular weight excluding hydrogens is 391 g/mol. The summed E-state index contributed by atoms with van der Waals surface area (Å²) >= 11 is 0. The monoisotopic (exact) mass is 412 g/mol. The quantitative estimate of drug-likeness (QED) is 0.336. The molecule has 118 valence electrons. The maximum Gasteiger partial charge on any atom is 0.150 e. The van der Waals surface area contributed by atoms with Crippen molar-refractivity contribution in [1.29, 1.82) is 0 Å². The minimum atomic E-state index is -0.572. The van der Waals surface area contributed by atoms with Crippen LogP contribution in [0.3, 0.4) is 0 Å². The Morgan fingerprint density at radius 2 is 1.73 bits per heavy atom. The van der Waals surface area contributed by atoms with Crippen molar-refractivity contribution < 1.29 is 9.84 Å². The number of quaternary nitrogens is 1. The van der Waals surface area contributed by atoms with Crippen molar-refractivity contribution in [3.8, 4) is 5.75 Å². The van der Waals surface area contributed by atoms with Crippen LogP contribution in [0.15, 0.2) is 59.6 Å². The van der Waals surface area contributed by atoms with E-state index in [9.17, 15) is 5.11 Å². The fourth-order valence-electron chi connectivity index (χ4n) is 1.84. The topological polar surface area (TPSA) is 44.6 Å². The molecule has 0 bridgehead atoms. The van der Waals surface area contributed by atoms with Gasteiger partial charge in [0.2, 0.25) is 0 Å². The summed E-state index contributed by atoms with van der Waals surface area (Å²) < 4.78 is 5.92. The lowest BCUT2D eigenvalue weighted by Gasteiger charge is -2.25. The summed E-state index contributed by atoms with van der Waals surface area (Å²) in [7, 11) is 6.17. The average Bonchev–Trinajstić information content (AvgIpc) is 2.46. The first kappa shape index (κ1) is 18.4. The molecule has 0 atom stereocenters. The van der Waals surface area contributed by atoms with Gasteiger partial charge in [0.05, 0.1) is 27.7 Å².